The summed E-state index contributed by atoms with van der Waals surface area (Å²) in [5.74, 6) is 1.64. The van der Waals surface area contributed by atoms with E-state index in [4.69, 9.17) is 14.2 Å². The predicted octanol–water partition coefficient (Wildman–Crippen LogP) is 4.23. The summed E-state index contributed by atoms with van der Waals surface area (Å²) < 4.78 is 17.4. The third-order valence-electron chi connectivity index (χ3n) is 5.77. The van der Waals surface area contributed by atoms with Crippen molar-refractivity contribution in [1.82, 2.24) is 5.32 Å². The summed E-state index contributed by atoms with van der Waals surface area (Å²) >= 11 is 0. The highest BCUT2D eigenvalue weighted by Gasteiger charge is 2.19. The molecule has 0 aromatic heterocycles. The molecule has 1 heterocycles. The van der Waals surface area contributed by atoms with Crippen LogP contribution < -0.4 is 19.7 Å². The van der Waals surface area contributed by atoms with Crippen LogP contribution in [0.25, 0.3) is 0 Å². The summed E-state index contributed by atoms with van der Waals surface area (Å²) in [6.07, 6.45) is -0.0128. The van der Waals surface area contributed by atoms with Crippen LogP contribution >= 0.6 is 0 Å². The molecule has 0 saturated carbocycles. The minimum absolute atomic E-state index is 0.100. The van der Waals surface area contributed by atoms with Gasteiger partial charge in [0.2, 0.25) is 5.91 Å². The maximum Gasteiger partial charge on any atom is 0.249 e. The number of ether oxygens (including phenoxy) is 3. The van der Waals surface area contributed by atoms with Crippen LogP contribution in [-0.4, -0.2) is 44.9 Å². The zero-order chi connectivity index (χ0) is 23.6. The standard InChI is InChI=1S/C28H32N2O4/c1-2-32-27(28(31)29-21-23-8-4-3-5-9-23)20-22-12-14-24(15-13-22)33-18-16-30-17-19-34-26-11-7-6-10-25(26)30/h3-15,27H,2,16-21H2,1H3,(H,29,31). The van der Waals surface area contributed by atoms with Crippen LogP contribution in [0, 0.1) is 0 Å². The topological polar surface area (TPSA) is 60.0 Å². The molecule has 34 heavy (non-hydrogen) atoms. The van der Waals surface area contributed by atoms with Gasteiger partial charge in [0.05, 0.1) is 18.8 Å². The molecular formula is C28H32N2O4. The summed E-state index contributed by atoms with van der Waals surface area (Å²) in [6, 6.07) is 25.9. The molecule has 3 aromatic rings. The van der Waals surface area contributed by atoms with E-state index < -0.39 is 6.10 Å². The van der Waals surface area contributed by atoms with Crippen LogP contribution in [0.3, 0.4) is 0 Å². The van der Waals surface area contributed by atoms with Gasteiger partial charge in [-0.1, -0.05) is 54.6 Å². The van der Waals surface area contributed by atoms with Crippen molar-refractivity contribution in [2.24, 2.45) is 0 Å². The highest BCUT2D eigenvalue weighted by Crippen LogP contribution is 2.30. The number of anilines is 1. The van der Waals surface area contributed by atoms with Crippen LogP contribution in [0.5, 0.6) is 11.5 Å². The molecule has 1 amide bonds. The molecule has 178 valence electrons. The lowest BCUT2D eigenvalue weighted by atomic mass is 10.1. The van der Waals surface area contributed by atoms with E-state index in [-0.39, 0.29) is 5.91 Å². The second kappa shape index (κ2) is 12.1. The van der Waals surface area contributed by atoms with Crippen molar-refractivity contribution < 1.29 is 19.0 Å². The number of benzene rings is 3. The number of amides is 1. The zero-order valence-corrected chi connectivity index (χ0v) is 19.6. The fraction of sp³-hybridized carbons (Fsp3) is 0.321. The van der Waals surface area contributed by atoms with E-state index in [1.54, 1.807) is 0 Å². The zero-order valence-electron chi connectivity index (χ0n) is 19.6. The highest BCUT2D eigenvalue weighted by molar-refractivity contribution is 5.81. The van der Waals surface area contributed by atoms with Crippen molar-refractivity contribution in [3.8, 4) is 11.5 Å². The van der Waals surface area contributed by atoms with Crippen LogP contribution in [0.1, 0.15) is 18.1 Å². The number of nitrogens with zero attached hydrogens (tertiary/aromatic N) is 1. The van der Waals surface area contributed by atoms with Gasteiger partial charge in [-0.25, -0.2) is 0 Å². The lowest BCUT2D eigenvalue weighted by Gasteiger charge is -2.31. The van der Waals surface area contributed by atoms with E-state index >= 15 is 0 Å². The number of hydrogen-bond donors (Lipinski definition) is 1. The Kier molecular flexibility index (Phi) is 8.41. The number of carbonyl (C=O) groups is 1. The molecule has 1 aliphatic heterocycles. The van der Waals surface area contributed by atoms with Gasteiger partial charge in [-0.3, -0.25) is 4.79 Å². The average Bonchev–Trinajstić information content (AvgIpc) is 2.89. The molecule has 0 fully saturated rings. The Morgan fingerprint density at radius 1 is 1.00 bits per heavy atom. The summed E-state index contributed by atoms with van der Waals surface area (Å²) in [7, 11) is 0. The first-order valence-corrected chi connectivity index (χ1v) is 11.8. The van der Waals surface area contributed by atoms with Gasteiger partial charge in [-0.2, -0.15) is 0 Å². The largest absolute Gasteiger partial charge is 0.492 e. The number of nitrogens with one attached hydrogen (secondary N) is 1. The molecule has 1 unspecified atom stereocenters. The Hall–Kier alpha value is -3.51. The summed E-state index contributed by atoms with van der Waals surface area (Å²) in [6.45, 7) is 5.78. The van der Waals surface area contributed by atoms with E-state index in [1.807, 2.05) is 79.7 Å². The van der Waals surface area contributed by atoms with E-state index in [0.29, 0.717) is 32.8 Å². The van der Waals surface area contributed by atoms with E-state index in [9.17, 15) is 4.79 Å². The normalized spacial score (nSPS) is 13.5. The molecule has 1 atom stereocenters. The van der Waals surface area contributed by atoms with E-state index in [2.05, 4.69) is 16.3 Å². The Balaban J connectivity index is 1.26. The number of para-hydroxylation sites is 2. The SMILES string of the molecule is CCOC(Cc1ccc(OCCN2CCOc3ccccc32)cc1)C(=O)NCc1ccccc1. The van der Waals surface area contributed by atoms with E-state index in [1.165, 1.54) is 0 Å². The van der Waals surface area contributed by atoms with Crippen LogP contribution in [0.4, 0.5) is 5.69 Å². The number of rotatable bonds is 11. The van der Waals surface area contributed by atoms with Crippen molar-refractivity contribution in [3.63, 3.8) is 0 Å². The quantitative estimate of drug-likeness (QED) is 0.464. The Labute approximate surface area is 201 Å². The van der Waals surface area contributed by atoms with Crippen molar-refractivity contribution in [3.05, 3.63) is 90.0 Å². The van der Waals surface area contributed by atoms with Crippen molar-refractivity contribution >= 4 is 11.6 Å². The minimum atomic E-state index is -0.526. The van der Waals surface area contributed by atoms with Crippen molar-refractivity contribution in [1.29, 1.82) is 0 Å². The number of fused-ring (bicyclic) bond motifs is 1. The van der Waals surface area contributed by atoms with Gasteiger partial charge in [0.25, 0.3) is 0 Å². The maximum absolute atomic E-state index is 12.7. The first-order chi connectivity index (χ1) is 16.7. The Morgan fingerprint density at radius 3 is 2.56 bits per heavy atom. The summed E-state index contributed by atoms with van der Waals surface area (Å²) in [5.41, 5.74) is 3.20. The van der Waals surface area contributed by atoms with Crippen LogP contribution in [-0.2, 0) is 22.5 Å². The molecule has 6 heteroatoms. The fourth-order valence-corrected chi connectivity index (χ4v) is 4.00. The van der Waals surface area contributed by atoms with Crippen molar-refractivity contribution in [2.75, 3.05) is 37.8 Å². The first-order valence-electron chi connectivity index (χ1n) is 11.8. The third-order valence-corrected chi connectivity index (χ3v) is 5.77. The van der Waals surface area contributed by atoms with Crippen LogP contribution in [0.15, 0.2) is 78.9 Å². The summed E-state index contributed by atoms with van der Waals surface area (Å²) in [4.78, 5) is 15.0. The molecular weight excluding hydrogens is 428 g/mol. The third kappa shape index (κ3) is 6.51. The molecule has 6 nitrogen and oxygen atoms in total. The maximum atomic E-state index is 12.7. The Bertz CT molecular complexity index is 1040. The van der Waals surface area contributed by atoms with Gasteiger partial charge in [0.15, 0.2) is 0 Å². The summed E-state index contributed by atoms with van der Waals surface area (Å²) in [5, 5.41) is 2.98. The number of carbonyl (C=O) groups excluding carboxylic acids is 1. The molecule has 0 aliphatic carbocycles. The molecule has 0 spiro atoms. The van der Waals surface area contributed by atoms with Gasteiger partial charge >= 0.3 is 0 Å². The second-order valence-corrected chi connectivity index (χ2v) is 8.15. The molecule has 3 aromatic carbocycles. The monoisotopic (exact) mass is 460 g/mol. The van der Waals surface area contributed by atoms with Gasteiger partial charge < -0.3 is 24.4 Å². The van der Waals surface area contributed by atoms with E-state index in [0.717, 1.165) is 41.4 Å². The minimum Gasteiger partial charge on any atom is -0.492 e. The number of hydrogen-bond acceptors (Lipinski definition) is 5. The molecule has 1 N–H and O–H groups in total. The van der Waals surface area contributed by atoms with Gasteiger partial charge in [-0.15, -0.1) is 0 Å². The molecule has 0 bridgehead atoms. The second-order valence-electron chi connectivity index (χ2n) is 8.15. The highest BCUT2D eigenvalue weighted by atomic mass is 16.5. The van der Waals surface area contributed by atoms with Gasteiger partial charge in [0.1, 0.15) is 30.8 Å². The predicted molar refractivity (Wildman–Crippen MR) is 133 cm³/mol. The van der Waals surface area contributed by atoms with Gasteiger partial charge in [-0.05, 0) is 42.3 Å². The fourth-order valence-electron chi connectivity index (χ4n) is 4.00. The van der Waals surface area contributed by atoms with Crippen molar-refractivity contribution in [2.45, 2.75) is 26.0 Å². The molecule has 0 radical (unpaired) electrons. The molecule has 0 saturated heterocycles. The lowest BCUT2D eigenvalue weighted by molar-refractivity contribution is -0.132. The van der Waals surface area contributed by atoms with Crippen LogP contribution in [0.2, 0.25) is 0 Å². The molecule has 4 rings (SSSR count). The average molecular weight is 461 g/mol. The molecule has 1 aliphatic rings. The first kappa shape index (κ1) is 23.6. The van der Waals surface area contributed by atoms with Gasteiger partial charge in [0, 0.05) is 19.6 Å². The Morgan fingerprint density at radius 2 is 1.76 bits per heavy atom. The lowest BCUT2D eigenvalue weighted by Crippen LogP contribution is -2.37. The smallest absolute Gasteiger partial charge is 0.249 e.